The van der Waals surface area contributed by atoms with Crippen molar-refractivity contribution in [3.05, 3.63) is 76.8 Å². The van der Waals surface area contributed by atoms with Gasteiger partial charge in [-0.15, -0.1) is 0 Å². The van der Waals surface area contributed by atoms with E-state index >= 15 is 0 Å². The number of fused-ring (bicyclic) bond motifs is 1. The fraction of sp³-hybridized carbons (Fsp3) is 0.182. The molecule has 0 fully saturated rings. The highest BCUT2D eigenvalue weighted by atomic mass is 16.5. The second-order valence-electron chi connectivity index (χ2n) is 6.73. The zero-order valence-corrected chi connectivity index (χ0v) is 16.1. The zero-order valence-electron chi connectivity index (χ0n) is 16.1. The summed E-state index contributed by atoms with van der Waals surface area (Å²) in [5, 5.41) is 8.60. The van der Waals surface area contributed by atoms with Crippen molar-refractivity contribution < 1.29 is 4.74 Å². The van der Waals surface area contributed by atoms with Gasteiger partial charge in [0, 0.05) is 31.2 Å². The van der Waals surface area contributed by atoms with Crippen LogP contribution in [-0.2, 0) is 13.6 Å². The number of aromatic nitrogens is 3. The predicted octanol–water partition coefficient (Wildman–Crippen LogP) is 3.50. The summed E-state index contributed by atoms with van der Waals surface area (Å²) in [6.07, 6.45) is 3.73. The van der Waals surface area contributed by atoms with E-state index in [1.807, 2.05) is 47.4 Å². The summed E-state index contributed by atoms with van der Waals surface area (Å²) in [5.41, 5.74) is 4.74. The number of pyridine rings is 1. The predicted molar refractivity (Wildman–Crippen MR) is 112 cm³/mol. The van der Waals surface area contributed by atoms with Gasteiger partial charge in [0.2, 0.25) is 0 Å². The summed E-state index contributed by atoms with van der Waals surface area (Å²) in [4.78, 5) is 12.1. The van der Waals surface area contributed by atoms with Crippen LogP contribution in [0, 0.1) is 0 Å². The molecule has 6 nitrogen and oxygen atoms in total. The lowest BCUT2D eigenvalue weighted by Crippen LogP contribution is -2.19. The minimum absolute atomic E-state index is 0.0446. The Hall–Kier alpha value is -3.54. The zero-order chi connectivity index (χ0) is 19.7. The maximum absolute atomic E-state index is 12.1. The molecular weight excluding hydrogens is 352 g/mol. The van der Waals surface area contributed by atoms with Crippen LogP contribution in [0.5, 0.6) is 5.75 Å². The Labute approximate surface area is 163 Å². The van der Waals surface area contributed by atoms with Gasteiger partial charge >= 0.3 is 0 Å². The Morgan fingerprint density at radius 3 is 2.57 bits per heavy atom. The summed E-state index contributed by atoms with van der Waals surface area (Å²) in [5.74, 6) is 0.839. The molecule has 1 N–H and O–H groups in total. The molecule has 0 aliphatic heterocycles. The Kier molecular flexibility index (Phi) is 4.61. The molecule has 0 atom stereocenters. The van der Waals surface area contributed by atoms with Gasteiger partial charge in [0.15, 0.2) is 0 Å². The average Bonchev–Trinajstić information content (AvgIpc) is 3.12. The number of methoxy groups -OCH3 is 1. The molecule has 2 aromatic carbocycles. The molecule has 0 radical (unpaired) electrons. The first-order valence-electron chi connectivity index (χ1n) is 9.06. The summed E-state index contributed by atoms with van der Waals surface area (Å²) in [7, 11) is 5.18. The van der Waals surface area contributed by atoms with E-state index in [4.69, 9.17) is 4.74 Å². The van der Waals surface area contributed by atoms with Gasteiger partial charge in [-0.25, -0.2) is 0 Å². The fourth-order valence-corrected chi connectivity index (χ4v) is 3.33. The number of ether oxygens (including phenoxy) is 1. The van der Waals surface area contributed by atoms with Crippen molar-refractivity contribution in [1.29, 1.82) is 0 Å². The third kappa shape index (κ3) is 3.24. The average molecular weight is 374 g/mol. The Morgan fingerprint density at radius 2 is 1.86 bits per heavy atom. The van der Waals surface area contributed by atoms with Gasteiger partial charge in [0.05, 0.1) is 25.4 Å². The van der Waals surface area contributed by atoms with Crippen molar-refractivity contribution in [2.24, 2.45) is 7.05 Å². The number of anilines is 1. The molecule has 0 aliphatic rings. The van der Waals surface area contributed by atoms with Gasteiger partial charge < -0.3 is 14.6 Å². The molecule has 28 heavy (non-hydrogen) atoms. The summed E-state index contributed by atoms with van der Waals surface area (Å²) in [6.45, 7) is 0.673. The lowest BCUT2D eigenvalue weighted by atomic mass is 10.1. The Bertz CT molecular complexity index is 1190. The Morgan fingerprint density at radius 1 is 1.07 bits per heavy atom. The topological polar surface area (TPSA) is 61.1 Å². The van der Waals surface area contributed by atoms with Gasteiger partial charge in [-0.3, -0.25) is 9.48 Å². The van der Waals surface area contributed by atoms with Crippen molar-refractivity contribution in [3.63, 3.8) is 0 Å². The smallest absolute Gasteiger partial charge is 0.273 e. The molecule has 0 aliphatic carbocycles. The largest absolute Gasteiger partial charge is 0.497 e. The van der Waals surface area contributed by atoms with Crippen LogP contribution in [0.25, 0.3) is 22.0 Å². The number of nitrogens with one attached hydrogen (secondary N) is 1. The first-order chi connectivity index (χ1) is 13.6. The van der Waals surface area contributed by atoms with Gasteiger partial charge in [0.1, 0.15) is 11.4 Å². The number of benzene rings is 2. The highest BCUT2D eigenvalue weighted by Gasteiger charge is 2.09. The highest BCUT2D eigenvalue weighted by molar-refractivity contribution is 5.84. The van der Waals surface area contributed by atoms with Crippen LogP contribution in [0.2, 0.25) is 0 Å². The normalized spacial score (nSPS) is 11.0. The number of aryl methyl sites for hydroxylation is 1. The maximum Gasteiger partial charge on any atom is 0.273 e. The number of nitrogens with zero attached hydrogens (tertiary/aromatic N) is 3. The van der Waals surface area contributed by atoms with Crippen molar-refractivity contribution in [2.45, 2.75) is 6.54 Å². The van der Waals surface area contributed by atoms with E-state index in [1.54, 1.807) is 25.8 Å². The second-order valence-corrected chi connectivity index (χ2v) is 6.73. The molecule has 6 heteroatoms. The first kappa shape index (κ1) is 17.9. The quantitative estimate of drug-likeness (QED) is 0.581. The molecule has 0 bridgehead atoms. The molecule has 4 rings (SSSR count). The van der Waals surface area contributed by atoms with Gasteiger partial charge in [-0.05, 0) is 35.4 Å². The number of hydrogen-bond donors (Lipinski definition) is 1. The molecule has 4 aromatic rings. The van der Waals surface area contributed by atoms with Crippen molar-refractivity contribution in [3.8, 4) is 16.9 Å². The lowest BCUT2D eigenvalue weighted by molar-refractivity contribution is 0.414. The van der Waals surface area contributed by atoms with Gasteiger partial charge in [-0.2, -0.15) is 5.10 Å². The van der Waals surface area contributed by atoms with Crippen molar-refractivity contribution >= 4 is 16.6 Å². The van der Waals surface area contributed by atoms with E-state index in [9.17, 15) is 4.79 Å². The summed E-state index contributed by atoms with van der Waals surface area (Å²) in [6, 6.07) is 16.1. The first-order valence-corrected chi connectivity index (χ1v) is 9.06. The van der Waals surface area contributed by atoms with E-state index in [2.05, 4.69) is 28.6 Å². The van der Waals surface area contributed by atoms with E-state index in [0.29, 0.717) is 12.2 Å². The minimum Gasteiger partial charge on any atom is -0.497 e. The molecule has 0 spiro atoms. The van der Waals surface area contributed by atoms with Crippen LogP contribution >= 0.6 is 0 Å². The summed E-state index contributed by atoms with van der Waals surface area (Å²) >= 11 is 0. The van der Waals surface area contributed by atoms with Crippen LogP contribution in [-0.4, -0.2) is 28.5 Å². The van der Waals surface area contributed by atoms with Crippen LogP contribution in [0.15, 0.2) is 65.7 Å². The molecule has 0 saturated carbocycles. The van der Waals surface area contributed by atoms with E-state index in [-0.39, 0.29) is 5.56 Å². The molecule has 0 amide bonds. The molecule has 0 saturated heterocycles. The van der Waals surface area contributed by atoms with E-state index in [1.165, 1.54) is 0 Å². The summed E-state index contributed by atoms with van der Waals surface area (Å²) < 4.78 is 8.81. The molecule has 142 valence electrons. The third-order valence-corrected chi connectivity index (χ3v) is 4.92. The molecule has 0 unspecified atom stereocenters. The van der Waals surface area contributed by atoms with Gasteiger partial charge in [-0.1, -0.05) is 24.3 Å². The number of hydrogen-bond acceptors (Lipinski definition) is 4. The molecular formula is C22H22N4O2. The number of rotatable bonds is 5. The van der Waals surface area contributed by atoms with Crippen molar-refractivity contribution in [2.75, 3.05) is 19.5 Å². The van der Waals surface area contributed by atoms with Crippen molar-refractivity contribution in [1.82, 2.24) is 14.3 Å². The minimum atomic E-state index is -0.0446. The van der Waals surface area contributed by atoms with Crippen LogP contribution in [0.4, 0.5) is 5.69 Å². The Balaban J connectivity index is 1.74. The molecule has 2 aromatic heterocycles. The molecule has 2 heterocycles. The maximum atomic E-state index is 12.1. The SMILES string of the molecule is CNc1cc(-c2ccc3cnn(Cc4ccc(OC)cc4)c3c2)cn(C)c1=O. The second kappa shape index (κ2) is 7.23. The lowest BCUT2D eigenvalue weighted by Gasteiger charge is -2.10. The van der Waals surface area contributed by atoms with Crippen LogP contribution < -0.4 is 15.6 Å². The van der Waals surface area contributed by atoms with Crippen LogP contribution in [0.3, 0.4) is 0 Å². The van der Waals surface area contributed by atoms with E-state index in [0.717, 1.165) is 33.3 Å². The monoisotopic (exact) mass is 374 g/mol. The van der Waals surface area contributed by atoms with Crippen LogP contribution in [0.1, 0.15) is 5.56 Å². The van der Waals surface area contributed by atoms with E-state index < -0.39 is 0 Å². The standard InChI is InChI=1S/C22H22N4O2/c1-23-20-10-18(14-25(2)22(20)27)16-6-7-17-12-24-26(21(17)11-16)13-15-4-8-19(28-3)9-5-15/h4-12,14,23H,13H2,1-3H3. The fourth-order valence-electron chi connectivity index (χ4n) is 3.33. The highest BCUT2D eigenvalue weighted by Crippen LogP contribution is 2.26. The third-order valence-electron chi connectivity index (χ3n) is 4.92. The van der Waals surface area contributed by atoms with Gasteiger partial charge in [0.25, 0.3) is 5.56 Å².